The van der Waals surface area contributed by atoms with E-state index in [9.17, 15) is 15.0 Å². The number of para-hydroxylation sites is 1. The van der Waals surface area contributed by atoms with E-state index in [1.165, 1.54) is 0 Å². The molecule has 0 spiro atoms. The van der Waals surface area contributed by atoms with Gasteiger partial charge in [-0.2, -0.15) is 0 Å². The van der Waals surface area contributed by atoms with Crippen molar-refractivity contribution in [2.24, 2.45) is 17.2 Å². The first-order valence-electron chi connectivity index (χ1n) is 13.8. The third-order valence-electron chi connectivity index (χ3n) is 7.05. The lowest BCUT2D eigenvalue weighted by Gasteiger charge is -2.42. The quantitative estimate of drug-likeness (QED) is 0.138. The van der Waals surface area contributed by atoms with Gasteiger partial charge < -0.3 is 41.3 Å². The summed E-state index contributed by atoms with van der Waals surface area (Å²) in [5, 5.41) is 21.7. The molecule has 3 unspecified atom stereocenters. The highest BCUT2D eigenvalue weighted by Crippen LogP contribution is 2.29. The average molecular weight is 556 g/mol. The first-order chi connectivity index (χ1) is 18.7. The molecule has 3 rings (SSSR count). The van der Waals surface area contributed by atoms with E-state index in [0.717, 1.165) is 22.3 Å². The molecule has 0 amide bonds. The van der Waals surface area contributed by atoms with Gasteiger partial charge in [0.15, 0.2) is 0 Å². The summed E-state index contributed by atoms with van der Waals surface area (Å²) >= 11 is 0. The first kappa shape index (κ1) is 31.6. The summed E-state index contributed by atoms with van der Waals surface area (Å²) < 4.78 is 17.1. The number of nitrogens with two attached hydrogens (primary N) is 3. The number of carbonyl (C=O) groups excluding carboxylic acids is 1. The summed E-state index contributed by atoms with van der Waals surface area (Å²) in [5.41, 5.74) is 17.2. The Kier molecular flexibility index (Phi) is 10.4. The summed E-state index contributed by atoms with van der Waals surface area (Å²) in [5.74, 6) is 0.882. The Morgan fingerprint density at radius 3 is 2.08 bits per heavy atom. The van der Waals surface area contributed by atoms with Gasteiger partial charge in [-0.05, 0) is 96.2 Å². The number of benzene rings is 2. The Hall–Kier alpha value is -2.95. The van der Waals surface area contributed by atoms with E-state index in [-0.39, 0.29) is 19.4 Å². The molecular weight excluding hydrogens is 510 g/mol. The van der Waals surface area contributed by atoms with Crippen LogP contribution in [-0.2, 0) is 9.53 Å². The number of hydrogen-bond acceptors (Lipinski definition) is 9. The van der Waals surface area contributed by atoms with Gasteiger partial charge in [0.1, 0.15) is 22.6 Å². The minimum atomic E-state index is -1.46. The molecule has 3 atom stereocenters. The third-order valence-corrected chi connectivity index (χ3v) is 7.05. The second kappa shape index (κ2) is 13.1. The Morgan fingerprint density at radius 2 is 1.50 bits per heavy atom. The first-order valence-corrected chi connectivity index (χ1v) is 13.8. The van der Waals surface area contributed by atoms with Crippen molar-refractivity contribution in [2.75, 3.05) is 13.2 Å². The number of hydrogen-bond donors (Lipinski definition) is 5. The molecule has 0 aliphatic carbocycles. The normalized spacial score (nSPS) is 15.4. The van der Waals surface area contributed by atoms with Crippen LogP contribution in [0.5, 0.6) is 5.75 Å². The van der Waals surface area contributed by atoms with Crippen molar-refractivity contribution in [3.05, 3.63) is 54.6 Å². The second-order valence-electron chi connectivity index (χ2n) is 11.9. The maximum atomic E-state index is 12.8. The Labute approximate surface area is 236 Å². The number of aliphatic hydroxyl groups excluding tert-OH is 2. The van der Waals surface area contributed by atoms with Gasteiger partial charge in [0, 0.05) is 22.0 Å². The minimum Gasteiger partial charge on any atom is -0.494 e. The zero-order chi connectivity index (χ0) is 29.6. The zero-order valence-electron chi connectivity index (χ0n) is 24.1. The second-order valence-corrected chi connectivity index (χ2v) is 11.9. The summed E-state index contributed by atoms with van der Waals surface area (Å²) in [6.07, 6.45) is -0.138. The molecule has 0 bridgehead atoms. The van der Waals surface area contributed by atoms with E-state index in [2.05, 4.69) is 0 Å². The minimum absolute atomic E-state index is 0.0514. The molecule has 1 heterocycles. The fourth-order valence-electron chi connectivity index (χ4n) is 4.57. The van der Waals surface area contributed by atoms with Gasteiger partial charge in [-0.25, -0.2) is 4.79 Å². The highest BCUT2D eigenvalue weighted by Gasteiger charge is 2.49. The maximum Gasteiger partial charge on any atom is 0.328 e. The van der Waals surface area contributed by atoms with Crippen LogP contribution in [0.4, 0.5) is 0 Å². The topological polar surface area (TPSA) is 167 Å². The van der Waals surface area contributed by atoms with E-state index in [4.69, 9.17) is 31.1 Å². The van der Waals surface area contributed by atoms with Crippen molar-refractivity contribution < 1.29 is 28.9 Å². The number of rotatable bonds is 15. The third kappa shape index (κ3) is 8.52. The van der Waals surface area contributed by atoms with Crippen molar-refractivity contribution in [1.82, 2.24) is 0 Å². The van der Waals surface area contributed by atoms with Crippen LogP contribution in [0.3, 0.4) is 0 Å². The summed E-state index contributed by atoms with van der Waals surface area (Å²) in [6, 6.07) is 17.5. The van der Waals surface area contributed by atoms with E-state index in [1.54, 1.807) is 27.7 Å². The van der Waals surface area contributed by atoms with Gasteiger partial charge in [-0.1, -0.05) is 18.2 Å². The fourth-order valence-corrected chi connectivity index (χ4v) is 4.57. The lowest BCUT2D eigenvalue weighted by molar-refractivity contribution is -0.154. The van der Waals surface area contributed by atoms with Crippen LogP contribution in [0.15, 0.2) is 59.0 Å². The van der Waals surface area contributed by atoms with Crippen molar-refractivity contribution >= 4 is 16.9 Å². The molecule has 9 nitrogen and oxygen atoms in total. The molecule has 0 fully saturated rings. The number of aliphatic hydroxyl groups is 2. The SMILES string of the molecule is CC(C)(N)CC(N)(C(=O)OCCCC(O)C(O)CCCOc1ccc(-c2cc3ccccc3o2)cc1)C(C)(C)N. The molecule has 0 saturated carbocycles. The monoisotopic (exact) mass is 555 g/mol. The van der Waals surface area contributed by atoms with E-state index < -0.39 is 34.8 Å². The van der Waals surface area contributed by atoms with Crippen LogP contribution in [0.2, 0.25) is 0 Å². The van der Waals surface area contributed by atoms with Gasteiger partial charge in [-0.15, -0.1) is 0 Å². The molecule has 2 aromatic carbocycles. The highest BCUT2D eigenvalue weighted by atomic mass is 16.5. The number of furan rings is 1. The van der Waals surface area contributed by atoms with Crippen LogP contribution in [0.25, 0.3) is 22.3 Å². The molecular formula is C31H45N3O6. The molecule has 40 heavy (non-hydrogen) atoms. The molecule has 0 saturated heterocycles. The van der Waals surface area contributed by atoms with Gasteiger partial charge in [0.2, 0.25) is 0 Å². The Bertz CT molecular complexity index is 1200. The van der Waals surface area contributed by atoms with Gasteiger partial charge in [0.25, 0.3) is 0 Å². The summed E-state index contributed by atoms with van der Waals surface area (Å²) in [7, 11) is 0. The molecule has 0 aliphatic rings. The molecule has 220 valence electrons. The Morgan fingerprint density at radius 1 is 0.900 bits per heavy atom. The number of esters is 1. The molecule has 1 aromatic heterocycles. The molecule has 8 N–H and O–H groups in total. The molecule has 0 radical (unpaired) electrons. The highest BCUT2D eigenvalue weighted by molar-refractivity contribution is 5.83. The van der Waals surface area contributed by atoms with Gasteiger partial charge >= 0.3 is 5.97 Å². The van der Waals surface area contributed by atoms with Crippen LogP contribution in [0.1, 0.15) is 59.8 Å². The van der Waals surface area contributed by atoms with E-state index in [0.29, 0.717) is 31.6 Å². The largest absolute Gasteiger partial charge is 0.494 e. The van der Waals surface area contributed by atoms with Crippen LogP contribution < -0.4 is 21.9 Å². The lowest BCUT2D eigenvalue weighted by Crippen LogP contribution is -2.70. The van der Waals surface area contributed by atoms with Crippen LogP contribution in [0, 0.1) is 0 Å². The lowest BCUT2D eigenvalue weighted by atomic mass is 9.73. The van der Waals surface area contributed by atoms with Gasteiger partial charge in [-0.3, -0.25) is 0 Å². The summed E-state index contributed by atoms with van der Waals surface area (Å²) in [4.78, 5) is 12.8. The van der Waals surface area contributed by atoms with Crippen LogP contribution >= 0.6 is 0 Å². The number of ether oxygens (including phenoxy) is 2. The zero-order valence-corrected chi connectivity index (χ0v) is 24.1. The smallest absolute Gasteiger partial charge is 0.328 e. The molecule has 9 heteroatoms. The fraction of sp³-hybridized carbons (Fsp3) is 0.516. The van der Waals surface area contributed by atoms with Gasteiger partial charge in [0.05, 0.1) is 25.4 Å². The Balaban J connectivity index is 1.35. The standard InChI is InChI=1S/C31H45N3O6/c1-29(2,32)20-31(34,30(3,4)33)28(37)39-18-8-11-25(36)24(35)10-7-17-38-23-15-13-21(14-16-23)27-19-22-9-5-6-12-26(22)40-27/h5-6,9,12-16,19,24-25,35-36H,7-8,10-11,17-18,20,32-34H2,1-4H3. The van der Waals surface area contributed by atoms with Crippen molar-refractivity contribution in [3.8, 4) is 17.1 Å². The average Bonchev–Trinajstić information content (AvgIpc) is 3.31. The van der Waals surface area contributed by atoms with Crippen molar-refractivity contribution in [1.29, 1.82) is 0 Å². The number of fused-ring (bicyclic) bond motifs is 1. The molecule has 0 aliphatic heterocycles. The summed E-state index contributed by atoms with van der Waals surface area (Å²) in [6.45, 7) is 7.33. The van der Waals surface area contributed by atoms with Crippen LogP contribution in [-0.4, -0.2) is 58.2 Å². The number of carbonyl (C=O) groups is 1. The van der Waals surface area contributed by atoms with E-state index >= 15 is 0 Å². The molecule has 3 aromatic rings. The van der Waals surface area contributed by atoms with Crippen molar-refractivity contribution in [2.45, 2.75) is 88.6 Å². The predicted molar refractivity (Wildman–Crippen MR) is 157 cm³/mol. The predicted octanol–water partition coefficient (Wildman–Crippen LogP) is 3.87. The van der Waals surface area contributed by atoms with Crippen molar-refractivity contribution in [3.63, 3.8) is 0 Å². The van der Waals surface area contributed by atoms with E-state index in [1.807, 2.05) is 54.6 Å². The maximum absolute atomic E-state index is 12.8.